The Labute approximate surface area is 95.5 Å². The zero-order valence-electron chi connectivity index (χ0n) is 9.15. The molecule has 3 nitrogen and oxygen atoms in total. The molecule has 0 radical (unpaired) electrons. The van der Waals surface area contributed by atoms with Gasteiger partial charge in [0.1, 0.15) is 5.78 Å². The number of piperidine rings is 1. The van der Waals surface area contributed by atoms with Crippen LogP contribution in [0.2, 0.25) is 0 Å². The van der Waals surface area contributed by atoms with Gasteiger partial charge >= 0.3 is 0 Å². The van der Waals surface area contributed by atoms with E-state index in [0.717, 1.165) is 30.9 Å². The number of ketones is 1. The Morgan fingerprint density at radius 1 is 1.25 bits per heavy atom. The minimum absolute atomic E-state index is 0.356. The number of hydrogen-bond donors (Lipinski definition) is 0. The van der Waals surface area contributed by atoms with Crippen molar-refractivity contribution in [3.63, 3.8) is 0 Å². The molecular weight excluding hydrogens is 200 g/mol. The van der Waals surface area contributed by atoms with Crippen LogP contribution in [0.1, 0.15) is 18.4 Å². The Kier molecular flexibility index (Phi) is 3.33. The fourth-order valence-electron chi connectivity index (χ4n) is 1.96. The SMILES string of the molecule is [C-]#[N+]c1ccccc1CN1CCC(=O)CC1. The van der Waals surface area contributed by atoms with Crippen molar-refractivity contribution >= 4 is 11.5 Å². The summed E-state index contributed by atoms with van der Waals surface area (Å²) in [5, 5.41) is 0. The van der Waals surface area contributed by atoms with Gasteiger partial charge in [0.05, 0.1) is 6.57 Å². The van der Waals surface area contributed by atoms with E-state index in [0.29, 0.717) is 18.6 Å². The minimum atomic E-state index is 0.356. The molecule has 0 spiro atoms. The van der Waals surface area contributed by atoms with E-state index in [1.165, 1.54) is 0 Å². The molecule has 0 saturated carbocycles. The molecule has 0 atom stereocenters. The summed E-state index contributed by atoms with van der Waals surface area (Å²) in [6.07, 6.45) is 1.31. The van der Waals surface area contributed by atoms with E-state index in [1.54, 1.807) is 0 Å². The van der Waals surface area contributed by atoms with Crippen molar-refractivity contribution in [1.82, 2.24) is 4.90 Å². The van der Waals surface area contributed by atoms with E-state index in [4.69, 9.17) is 6.57 Å². The number of para-hydroxylation sites is 1. The molecule has 16 heavy (non-hydrogen) atoms. The van der Waals surface area contributed by atoms with E-state index < -0.39 is 0 Å². The van der Waals surface area contributed by atoms with Gasteiger partial charge < -0.3 is 0 Å². The molecule has 82 valence electrons. The van der Waals surface area contributed by atoms with Gasteiger partial charge in [-0.2, -0.15) is 0 Å². The highest BCUT2D eigenvalue weighted by molar-refractivity contribution is 5.79. The lowest BCUT2D eigenvalue weighted by molar-refractivity contribution is -0.121. The largest absolute Gasteiger partial charge is 0.300 e. The van der Waals surface area contributed by atoms with Gasteiger partial charge in [-0.1, -0.05) is 24.3 Å². The Morgan fingerprint density at radius 3 is 2.62 bits per heavy atom. The van der Waals surface area contributed by atoms with Crippen molar-refractivity contribution in [2.75, 3.05) is 13.1 Å². The van der Waals surface area contributed by atoms with Crippen LogP contribution in [0.5, 0.6) is 0 Å². The Hall–Kier alpha value is -1.66. The van der Waals surface area contributed by atoms with E-state index in [1.807, 2.05) is 24.3 Å². The van der Waals surface area contributed by atoms with Crippen LogP contribution in [0.4, 0.5) is 5.69 Å². The highest BCUT2D eigenvalue weighted by atomic mass is 16.1. The maximum atomic E-state index is 11.1. The Morgan fingerprint density at radius 2 is 1.94 bits per heavy atom. The number of Topliss-reactive ketones (excluding diaryl/α,β-unsaturated/α-hetero) is 1. The average molecular weight is 214 g/mol. The smallest absolute Gasteiger partial charge is 0.191 e. The van der Waals surface area contributed by atoms with Crippen molar-refractivity contribution < 1.29 is 4.79 Å². The van der Waals surface area contributed by atoms with Crippen molar-refractivity contribution in [3.8, 4) is 0 Å². The Balaban J connectivity index is 2.04. The maximum absolute atomic E-state index is 11.1. The first-order valence-corrected chi connectivity index (χ1v) is 5.49. The van der Waals surface area contributed by atoms with Gasteiger partial charge in [0.15, 0.2) is 5.69 Å². The molecule has 0 unspecified atom stereocenters. The summed E-state index contributed by atoms with van der Waals surface area (Å²) in [5.74, 6) is 0.356. The zero-order chi connectivity index (χ0) is 11.4. The summed E-state index contributed by atoms with van der Waals surface area (Å²) in [6.45, 7) is 9.52. The van der Waals surface area contributed by atoms with Gasteiger partial charge in [0, 0.05) is 32.5 Å². The quantitative estimate of drug-likeness (QED) is 0.706. The highest BCUT2D eigenvalue weighted by Gasteiger charge is 2.16. The van der Waals surface area contributed by atoms with E-state index in [2.05, 4.69) is 9.74 Å². The van der Waals surface area contributed by atoms with Crippen LogP contribution in [0.15, 0.2) is 24.3 Å². The first kappa shape index (κ1) is 10.8. The van der Waals surface area contributed by atoms with Crippen molar-refractivity contribution in [2.24, 2.45) is 0 Å². The monoisotopic (exact) mass is 214 g/mol. The lowest BCUT2D eigenvalue weighted by Gasteiger charge is -2.26. The van der Waals surface area contributed by atoms with Crippen LogP contribution in [-0.4, -0.2) is 23.8 Å². The molecule has 2 rings (SSSR count). The number of carbonyl (C=O) groups is 1. The number of nitrogens with zero attached hydrogens (tertiary/aromatic N) is 2. The number of likely N-dealkylation sites (tertiary alicyclic amines) is 1. The second kappa shape index (κ2) is 4.91. The molecule has 0 bridgehead atoms. The van der Waals surface area contributed by atoms with Gasteiger partial charge in [-0.05, 0) is 5.56 Å². The number of rotatable bonds is 2. The standard InChI is InChI=1S/C13H14N2O/c1-14-13-5-3-2-4-11(13)10-15-8-6-12(16)7-9-15/h2-5H,6-10H2. The Bertz CT molecular complexity index is 424. The van der Waals surface area contributed by atoms with Gasteiger partial charge in [-0.25, -0.2) is 4.85 Å². The topological polar surface area (TPSA) is 24.7 Å². The molecule has 1 aliphatic heterocycles. The maximum Gasteiger partial charge on any atom is 0.191 e. The fraction of sp³-hybridized carbons (Fsp3) is 0.385. The normalized spacial score (nSPS) is 17.1. The van der Waals surface area contributed by atoms with Crippen LogP contribution in [-0.2, 0) is 11.3 Å². The summed E-state index contributed by atoms with van der Waals surface area (Å²) in [4.78, 5) is 16.9. The molecule has 3 heteroatoms. The van der Waals surface area contributed by atoms with Crippen molar-refractivity contribution in [1.29, 1.82) is 0 Å². The molecule has 1 aliphatic rings. The molecule has 0 amide bonds. The third kappa shape index (κ3) is 2.47. The predicted octanol–water partition coefficient (Wildman–Crippen LogP) is 2.40. The summed E-state index contributed by atoms with van der Waals surface area (Å²) >= 11 is 0. The van der Waals surface area contributed by atoms with Gasteiger partial charge in [0.2, 0.25) is 0 Å². The summed E-state index contributed by atoms with van der Waals surface area (Å²) in [7, 11) is 0. The molecule has 1 aromatic carbocycles. The molecule has 1 fully saturated rings. The van der Waals surface area contributed by atoms with Crippen LogP contribution >= 0.6 is 0 Å². The second-order valence-electron chi connectivity index (χ2n) is 4.06. The first-order chi connectivity index (χ1) is 7.79. The lowest BCUT2D eigenvalue weighted by Crippen LogP contribution is -2.33. The summed E-state index contributed by atoms with van der Waals surface area (Å²) in [6, 6.07) is 7.68. The molecule has 1 saturated heterocycles. The zero-order valence-corrected chi connectivity index (χ0v) is 9.15. The summed E-state index contributed by atoms with van der Waals surface area (Å²) < 4.78 is 0. The van der Waals surface area contributed by atoms with Gasteiger partial charge in [0.25, 0.3) is 0 Å². The first-order valence-electron chi connectivity index (χ1n) is 5.49. The van der Waals surface area contributed by atoms with Crippen LogP contribution in [0, 0.1) is 6.57 Å². The van der Waals surface area contributed by atoms with E-state index in [-0.39, 0.29) is 0 Å². The fourth-order valence-corrected chi connectivity index (χ4v) is 1.96. The van der Waals surface area contributed by atoms with Gasteiger partial charge in [-0.3, -0.25) is 9.69 Å². The third-order valence-corrected chi connectivity index (χ3v) is 2.92. The number of carbonyl (C=O) groups excluding carboxylic acids is 1. The number of benzene rings is 1. The lowest BCUT2D eigenvalue weighted by atomic mass is 10.1. The summed E-state index contributed by atoms with van der Waals surface area (Å²) in [5.41, 5.74) is 1.78. The molecule has 1 aromatic rings. The molecule has 1 heterocycles. The average Bonchev–Trinajstić information content (AvgIpc) is 2.33. The van der Waals surface area contributed by atoms with E-state index >= 15 is 0 Å². The molecule has 0 aliphatic carbocycles. The molecule has 0 N–H and O–H groups in total. The predicted molar refractivity (Wildman–Crippen MR) is 62.2 cm³/mol. The van der Waals surface area contributed by atoms with Crippen LogP contribution < -0.4 is 0 Å². The van der Waals surface area contributed by atoms with Crippen molar-refractivity contribution in [3.05, 3.63) is 41.2 Å². The van der Waals surface area contributed by atoms with Gasteiger partial charge in [-0.15, -0.1) is 0 Å². The minimum Gasteiger partial charge on any atom is -0.300 e. The third-order valence-electron chi connectivity index (χ3n) is 2.92. The van der Waals surface area contributed by atoms with Crippen LogP contribution in [0.3, 0.4) is 0 Å². The molecule has 0 aromatic heterocycles. The second-order valence-corrected chi connectivity index (χ2v) is 4.06. The van der Waals surface area contributed by atoms with Crippen molar-refractivity contribution in [2.45, 2.75) is 19.4 Å². The molecular formula is C13H14N2O. The van der Waals surface area contributed by atoms with Crippen LogP contribution in [0.25, 0.3) is 4.85 Å². The number of hydrogen-bond acceptors (Lipinski definition) is 2. The van der Waals surface area contributed by atoms with E-state index in [9.17, 15) is 4.79 Å². The highest BCUT2D eigenvalue weighted by Crippen LogP contribution is 2.21.